The molecule has 0 amide bonds. The Morgan fingerprint density at radius 2 is 1.73 bits per heavy atom. The molecule has 0 saturated heterocycles. The average Bonchev–Trinajstić information content (AvgIpc) is 2.20. The predicted octanol–water partition coefficient (Wildman–Crippen LogP) is 3.58. The van der Waals surface area contributed by atoms with E-state index in [0.29, 0.717) is 5.92 Å². The normalized spacial score (nSPS) is 12.9. The lowest BCUT2D eigenvalue weighted by molar-refractivity contribution is 0.242. The van der Waals surface area contributed by atoms with Crippen molar-refractivity contribution in [2.75, 3.05) is 5.75 Å². The highest BCUT2D eigenvalue weighted by atomic mass is 32.1. The van der Waals surface area contributed by atoms with E-state index in [1.165, 1.54) is 5.56 Å². The summed E-state index contributed by atoms with van der Waals surface area (Å²) in [6.45, 7) is 6.29. The van der Waals surface area contributed by atoms with Gasteiger partial charge < -0.3 is 4.74 Å². The minimum atomic E-state index is 0.243. The second-order valence-electron chi connectivity index (χ2n) is 4.30. The van der Waals surface area contributed by atoms with E-state index in [-0.39, 0.29) is 6.10 Å². The summed E-state index contributed by atoms with van der Waals surface area (Å²) >= 11 is 4.29. The first kappa shape index (κ1) is 12.4. The Morgan fingerprint density at radius 1 is 1.13 bits per heavy atom. The van der Waals surface area contributed by atoms with Crippen LogP contribution in [0.1, 0.15) is 26.3 Å². The summed E-state index contributed by atoms with van der Waals surface area (Å²) in [6.07, 6.45) is 1.33. The van der Waals surface area contributed by atoms with Gasteiger partial charge in [-0.05, 0) is 49.6 Å². The molecule has 0 aliphatic heterocycles. The van der Waals surface area contributed by atoms with Gasteiger partial charge in [0.1, 0.15) is 5.75 Å². The van der Waals surface area contributed by atoms with Crippen LogP contribution in [0.25, 0.3) is 0 Å². The van der Waals surface area contributed by atoms with Crippen molar-refractivity contribution in [3.05, 3.63) is 29.8 Å². The molecule has 1 rings (SSSR count). The van der Waals surface area contributed by atoms with Crippen LogP contribution in [0.3, 0.4) is 0 Å². The molecule has 0 fully saturated rings. The van der Waals surface area contributed by atoms with E-state index in [0.717, 1.165) is 17.9 Å². The molecule has 0 spiro atoms. The molecule has 0 aromatic heterocycles. The molecule has 2 heteroatoms. The fourth-order valence-corrected chi connectivity index (χ4v) is 1.57. The molecule has 1 aromatic rings. The maximum Gasteiger partial charge on any atom is 0.119 e. The minimum Gasteiger partial charge on any atom is -0.491 e. The van der Waals surface area contributed by atoms with Crippen molar-refractivity contribution in [3.8, 4) is 5.75 Å². The van der Waals surface area contributed by atoms with Crippen LogP contribution >= 0.6 is 12.6 Å². The fraction of sp³-hybridized carbons (Fsp3) is 0.538. The van der Waals surface area contributed by atoms with Crippen LogP contribution in [0.15, 0.2) is 24.3 Å². The van der Waals surface area contributed by atoms with E-state index >= 15 is 0 Å². The van der Waals surface area contributed by atoms with Crippen molar-refractivity contribution in [2.24, 2.45) is 5.92 Å². The Morgan fingerprint density at radius 3 is 2.20 bits per heavy atom. The molecule has 1 unspecified atom stereocenters. The van der Waals surface area contributed by atoms with Crippen LogP contribution in [0, 0.1) is 5.92 Å². The van der Waals surface area contributed by atoms with Crippen molar-refractivity contribution in [1.82, 2.24) is 0 Å². The second kappa shape index (κ2) is 6.06. The summed E-state index contributed by atoms with van der Waals surface area (Å²) in [7, 11) is 0. The predicted molar refractivity (Wildman–Crippen MR) is 68.9 cm³/mol. The van der Waals surface area contributed by atoms with Gasteiger partial charge in [0, 0.05) is 0 Å². The highest BCUT2D eigenvalue weighted by molar-refractivity contribution is 7.80. The molecule has 1 nitrogen and oxygen atoms in total. The second-order valence-corrected chi connectivity index (χ2v) is 4.67. The van der Waals surface area contributed by atoms with Crippen LogP contribution in [0.4, 0.5) is 0 Å². The zero-order chi connectivity index (χ0) is 11.3. The van der Waals surface area contributed by atoms with E-state index in [1.54, 1.807) is 0 Å². The van der Waals surface area contributed by atoms with Crippen LogP contribution < -0.4 is 4.74 Å². The largest absolute Gasteiger partial charge is 0.491 e. The van der Waals surface area contributed by atoms with Gasteiger partial charge in [0.25, 0.3) is 0 Å². The van der Waals surface area contributed by atoms with Crippen LogP contribution in [-0.2, 0) is 6.42 Å². The molecular formula is C13H20OS. The third-order valence-corrected chi connectivity index (χ3v) is 2.81. The Balaban J connectivity index is 2.56. The van der Waals surface area contributed by atoms with E-state index in [2.05, 4.69) is 31.7 Å². The van der Waals surface area contributed by atoms with Crippen molar-refractivity contribution in [1.29, 1.82) is 0 Å². The molecule has 0 bridgehead atoms. The van der Waals surface area contributed by atoms with Gasteiger partial charge in [-0.25, -0.2) is 0 Å². The lowest BCUT2D eigenvalue weighted by atomic mass is 10.0. The van der Waals surface area contributed by atoms with E-state index in [9.17, 15) is 0 Å². The van der Waals surface area contributed by atoms with Crippen molar-refractivity contribution in [2.45, 2.75) is 33.3 Å². The lowest BCUT2D eigenvalue weighted by Crippen LogP contribution is -2.05. The van der Waals surface area contributed by atoms with Gasteiger partial charge in [-0.2, -0.15) is 12.6 Å². The molecule has 0 N–H and O–H groups in total. The molecule has 1 aromatic carbocycles. The molecule has 15 heavy (non-hydrogen) atoms. The first-order chi connectivity index (χ1) is 7.11. The Bertz CT molecular complexity index is 279. The highest BCUT2D eigenvalue weighted by Gasteiger charge is 2.02. The van der Waals surface area contributed by atoms with Crippen molar-refractivity contribution in [3.63, 3.8) is 0 Å². The lowest BCUT2D eigenvalue weighted by Gasteiger charge is -2.11. The van der Waals surface area contributed by atoms with Gasteiger partial charge >= 0.3 is 0 Å². The molecular weight excluding hydrogens is 204 g/mol. The number of ether oxygens (including phenoxy) is 1. The van der Waals surface area contributed by atoms with Gasteiger partial charge in [-0.3, -0.25) is 0 Å². The fourth-order valence-electron chi connectivity index (χ4n) is 1.44. The summed E-state index contributed by atoms with van der Waals surface area (Å²) in [6, 6.07) is 8.36. The number of benzene rings is 1. The zero-order valence-corrected chi connectivity index (χ0v) is 10.6. The van der Waals surface area contributed by atoms with E-state index < -0.39 is 0 Å². The number of hydrogen-bond donors (Lipinski definition) is 1. The van der Waals surface area contributed by atoms with Gasteiger partial charge in [0.2, 0.25) is 0 Å². The standard InChI is InChI=1S/C13H20OS/c1-10(2)14-13-6-4-12(5-7-13)8-11(3)9-15/h4-7,10-11,15H,8-9H2,1-3H3. The molecule has 0 aliphatic carbocycles. The molecule has 1 atom stereocenters. The smallest absolute Gasteiger partial charge is 0.119 e. The Labute approximate surface area is 98.3 Å². The molecule has 0 radical (unpaired) electrons. The first-order valence-electron chi connectivity index (χ1n) is 5.48. The SMILES string of the molecule is CC(CS)Cc1ccc(OC(C)C)cc1. The van der Waals surface area contributed by atoms with Crippen LogP contribution in [0.2, 0.25) is 0 Å². The maximum atomic E-state index is 5.59. The van der Waals surface area contributed by atoms with Gasteiger partial charge in [0.15, 0.2) is 0 Å². The van der Waals surface area contributed by atoms with Gasteiger partial charge in [-0.1, -0.05) is 19.1 Å². The van der Waals surface area contributed by atoms with Crippen molar-refractivity contribution >= 4 is 12.6 Å². The molecule has 0 aliphatic rings. The van der Waals surface area contributed by atoms with Gasteiger partial charge in [-0.15, -0.1) is 0 Å². The van der Waals surface area contributed by atoms with E-state index in [4.69, 9.17) is 4.74 Å². The van der Waals surface area contributed by atoms with Crippen LogP contribution in [-0.4, -0.2) is 11.9 Å². The van der Waals surface area contributed by atoms with Gasteiger partial charge in [0.05, 0.1) is 6.10 Å². The zero-order valence-electron chi connectivity index (χ0n) is 9.73. The maximum absolute atomic E-state index is 5.59. The summed E-state index contributed by atoms with van der Waals surface area (Å²) in [4.78, 5) is 0. The average molecular weight is 224 g/mol. The molecule has 0 heterocycles. The monoisotopic (exact) mass is 224 g/mol. The third-order valence-electron chi connectivity index (χ3n) is 2.19. The molecule has 84 valence electrons. The minimum absolute atomic E-state index is 0.243. The summed E-state index contributed by atoms with van der Waals surface area (Å²) in [5, 5.41) is 0. The molecule has 0 saturated carbocycles. The first-order valence-corrected chi connectivity index (χ1v) is 6.11. The highest BCUT2D eigenvalue weighted by Crippen LogP contribution is 2.16. The number of rotatable bonds is 5. The summed E-state index contributed by atoms with van der Waals surface area (Å²) < 4.78 is 5.59. The Hall–Kier alpha value is -0.630. The Kier molecular flexibility index (Phi) is 5.03. The number of hydrogen-bond acceptors (Lipinski definition) is 2. The number of thiol groups is 1. The van der Waals surface area contributed by atoms with Crippen molar-refractivity contribution < 1.29 is 4.74 Å². The van der Waals surface area contributed by atoms with Crippen LogP contribution in [0.5, 0.6) is 5.75 Å². The topological polar surface area (TPSA) is 9.23 Å². The third kappa shape index (κ3) is 4.61. The van der Waals surface area contributed by atoms with E-state index in [1.807, 2.05) is 26.0 Å². The quantitative estimate of drug-likeness (QED) is 0.752. The summed E-state index contributed by atoms with van der Waals surface area (Å²) in [5.74, 6) is 2.52. The summed E-state index contributed by atoms with van der Waals surface area (Å²) in [5.41, 5.74) is 1.35.